The standard InChI is InChI=1S/C44H91NO2/c1-5-8-11-14-17-18-19-20-21-22-23-24-25-26-31-36-41-45(4)42-37-32-27-28-33-38-43-46-47-44(39-34-29-15-12-9-6-2)40-35-30-16-13-10-7-3/h44H,5-43H2,1-4H3. The van der Waals surface area contributed by atoms with Crippen LogP contribution in [0.2, 0.25) is 0 Å². The van der Waals surface area contributed by atoms with Gasteiger partial charge in [0.15, 0.2) is 0 Å². The molecule has 0 unspecified atom stereocenters. The fourth-order valence-corrected chi connectivity index (χ4v) is 6.98. The van der Waals surface area contributed by atoms with Crippen molar-refractivity contribution >= 4 is 0 Å². The molecule has 0 fully saturated rings. The summed E-state index contributed by atoms with van der Waals surface area (Å²) in [5.41, 5.74) is 0. The van der Waals surface area contributed by atoms with Gasteiger partial charge in [-0.15, -0.1) is 0 Å². The topological polar surface area (TPSA) is 21.7 Å². The summed E-state index contributed by atoms with van der Waals surface area (Å²) < 4.78 is 0. The molecule has 0 radical (unpaired) electrons. The van der Waals surface area contributed by atoms with Crippen LogP contribution in [-0.4, -0.2) is 37.7 Å². The molecule has 0 saturated carbocycles. The van der Waals surface area contributed by atoms with Crippen LogP contribution in [0, 0.1) is 0 Å². The second-order valence-electron chi connectivity index (χ2n) is 15.4. The molecule has 0 atom stereocenters. The van der Waals surface area contributed by atoms with Crippen molar-refractivity contribution in [1.82, 2.24) is 4.90 Å². The zero-order chi connectivity index (χ0) is 34.1. The maximum Gasteiger partial charge on any atom is 0.0930 e. The molecule has 0 aromatic carbocycles. The average Bonchev–Trinajstić information content (AvgIpc) is 3.08. The first-order valence-corrected chi connectivity index (χ1v) is 22.2. The molecule has 0 saturated heterocycles. The van der Waals surface area contributed by atoms with Crippen LogP contribution < -0.4 is 0 Å². The van der Waals surface area contributed by atoms with Gasteiger partial charge in [-0.1, -0.05) is 220 Å². The quantitative estimate of drug-likeness (QED) is 0.0368. The molecule has 0 aromatic rings. The molecule has 0 spiro atoms. The lowest BCUT2D eigenvalue weighted by molar-refractivity contribution is -0.327. The number of hydrogen-bond acceptors (Lipinski definition) is 3. The van der Waals surface area contributed by atoms with Crippen molar-refractivity contribution in [3.05, 3.63) is 0 Å². The van der Waals surface area contributed by atoms with E-state index < -0.39 is 0 Å². The van der Waals surface area contributed by atoms with Crippen molar-refractivity contribution in [3.63, 3.8) is 0 Å². The average molecular weight is 666 g/mol. The third-order valence-corrected chi connectivity index (χ3v) is 10.4. The summed E-state index contributed by atoms with van der Waals surface area (Å²) in [5.74, 6) is 0. The van der Waals surface area contributed by atoms with Crippen LogP contribution in [0.1, 0.15) is 252 Å². The Bertz CT molecular complexity index is 525. The summed E-state index contributed by atoms with van der Waals surface area (Å²) in [6.07, 6.45) is 50.0. The monoisotopic (exact) mass is 666 g/mol. The van der Waals surface area contributed by atoms with E-state index in [9.17, 15) is 0 Å². The molecule has 0 N–H and O–H groups in total. The van der Waals surface area contributed by atoms with Gasteiger partial charge < -0.3 is 4.90 Å². The lowest BCUT2D eigenvalue weighted by Crippen LogP contribution is -2.20. The van der Waals surface area contributed by atoms with E-state index in [-0.39, 0.29) is 0 Å². The molecular formula is C44H91NO2. The van der Waals surface area contributed by atoms with Crippen LogP contribution in [-0.2, 0) is 9.78 Å². The van der Waals surface area contributed by atoms with Crippen molar-refractivity contribution in [2.24, 2.45) is 0 Å². The zero-order valence-electron chi connectivity index (χ0n) is 33.4. The van der Waals surface area contributed by atoms with E-state index in [1.54, 1.807) is 0 Å². The Hall–Kier alpha value is -0.120. The van der Waals surface area contributed by atoms with Crippen LogP contribution in [0.3, 0.4) is 0 Å². The molecule has 0 rings (SSSR count). The second-order valence-corrected chi connectivity index (χ2v) is 15.4. The lowest BCUT2D eigenvalue weighted by Gasteiger charge is -2.17. The molecule has 0 aliphatic rings. The Morgan fingerprint density at radius 1 is 0.340 bits per heavy atom. The molecule has 0 heterocycles. The van der Waals surface area contributed by atoms with Gasteiger partial charge in [0.25, 0.3) is 0 Å². The van der Waals surface area contributed by atoms with Crippen molar-refractivity contribution in [1.29, 1.82) is 0 Å². The van der Waals surface area contributed by atoms with Gasteiger partial charge >= 0.3 is 0 Å². The Balaban J connectivity index is 3.54. The molecule has 0 amide bonds. The van der Waals surface area contributed by atoms with E-state index in [1.807, 2.05) is 0 Å². The van der Waals surface area contributed by atoms with Crippen LogP contribution in [0.15, 0.2) is 0 Å². The fraction of sp³-hybridized carbons (Fsp3) is 1.00. The van der Waals surface area contributed by atoms with E-state index in [1.165, 1.54) is 238 Å². The summed E-state index contributed by atoms with van der Waals surface area (Å²) in [6, 6.07) is 0. The largest absolute Gasteiger partial charge is 0.306 e. The molecule has 0 bridgehead atoms. The Morgan fingerprint density at radius 3 is 0.957 bits per heavy atom. The minimum Gasteiger partial charge on any atom is -0.306 e. The van der Waals surface area contributed by atoms with Gasteiger partial charge in [-0.3, -0.25) is 0 Å². The second kappa shape index (κ2) is 42.0. The van der Waals surface area contributed by atoms with Crippen LogP contribution in [0.4, 0.5) is 0 Å². The first-order valence-electron chi connectivity index (χ1n) is 22.2. The van der Waals surface area contributed by atoms with E-state index in [0.717, 1.165) is 13.0 Å². The molecule has 3 heteroatoms. The van der Waals surface area contributed by atoms with Crippen molar-refractivity contribution in [2.45, 2.75) is 258 Å². The summed E-state index contributed by atoms with van der Waals surface area (Å²) in [5, 5.41) is 0. The van der Waals surface area contributed by atoms with Gasteiger partial charge in [-0.25, -0.2) is 9.78 Å². The molecule has 0 aliphatic carbocycles. The molecule has 284 valence electrons. The summed E-state index contributed by atoms with van der Waals surface area (Å²) in [7, 11) is 2.33. The minimum atomic E-state index is 0.309. The maximum atomic E-state index is 5.96. The first-order chi connectivity index (χ1) is 23.2. The van der Waals surface area contributed by atoms with Crippen molar-refractivity contribution in [2.75, 3.05) is 26.7 Å². The summed E-state index contributed by atoms with van der Waals surface area (Å²) >= 11 is 0. The molecule has 3 nitrogen and oxygen atoms in total. The third kappa shape index (κ3) is 40.2. The highest BCUT2D eigenvalue weighted by molar-refractivity contribution is 4.59. The predicted molar refractivity (Wildman–Crippen MR) is 212 cm³/mol. The highest BCUT2D eigenvalue weighted by atomic mass is 17.2. The van der Waals surface area contributed by atoms with Crippen LogP contribution in [0.25, 0.3) is 0 Å². The van der Waals surface area contributed by atoms with Crippen molar-refractivity contribution < 1.29 is 9.78 Å². The third-order valence-electron chi connectivity index (χ3n) is 10.4. The minimum absolute atomic E-state index is 0.309. The van der Waals surface area contributed by atoms with E-state index in [0.29, 0.717) is 6.10 Å². The molecular weight excluding hydrogens is 574 g/mol. The molecule has 47 heavy (non-hydrogen) atoms. The zero-order valence-corrected chi connectivity index (χ0v) is 33.4. The molecule has 0 aliphatic heterocycles. The Morgan fingerprint density at radius 2 is 0.617 bits per heavy atom. The number of unbranched alkanes of at least 4 members (excludes halogenated alkanes) is 30. The number of rotatable bonds is 42. The molecule has 0 aromatic heterocycles. The Kier molecular flexibility index (Phi) is 41.9. The van der Waals surface area contributed by atoms with Gasteiger partial charge in [-0.2, -0.15) is 0 Å². The smallest absolute Gasteiger partial charge is 0.0930 e. The summed E-state index contributed by atoms with van der Waals surface area (Å²) in [4.78, 5) is 14.3. The number of hydrogen-bond donors (Lipinski definition) is 0. The summed E-state index contributed by atoms with van der Waals surface area (Å²) in [6.45, 7) is 10.2. The first kappa shape index (κ1) is 46.9. The van der Waals surface area contributed by atoms with E-state index >= 15 is 0 Å². The van der Waals surface area contributed by atoms with Gasteiger partial charge in [-0.05, 0) is 52.2 Å². The van der Waals surface area contributed by atoms with E-state index in [4.69, 9.17) is 9.78 Å². The van der Waals surface area contributed by atoms with Crippen molar-refractivity contribution in [3.8, 4) is 0 Å². The highest BCUT2D eigenvalue weighted by Gasteiger charge is 2.10. The predicted octanol–water partition coefficient (Wildman–Crippen LogP) is 15.3. The van der Waals surface area contributed by atoms with Gasteiger partial charge in [0.2, 0.25) is 0 Å². The van der Waals surface area contributed by atoms with Gasteiger partial charge in [0, 0.05) is 0 Å². The van der Waals surface area contributed by atoms with E-state index in [2.05, 4.69) is 32.7 Å². The van der Waals surface area contributed by atoms with Gasteiger partial charge in [0.05, 0.1) is 12.7 Å². The highest BCUT2D eigenvalue weighted by Crippen LogP contribution is 2.18. The van der Waals surface area contributed by atoms with Crippen LogP contribution in [0.5, 0.6) is 0 Å². The SMILES string of the molecule is CCCCCCCCCCCCCCCCCCN(C)CCCCCCCCOOC(CCCCCCCC)CCCCCCCC. The fourth-order valence-electron chi connectivity index (χ4n) is 6.98. The normalized spacial score (nSPS) is 11.9. The van der Waals surface area contributed by atoms with Crippen LogP contribution >= 0.6 is 0 Å². The lowest BCUT2D eigenvalue weighted by atomic mass is 10.0. The number of nitrogens with zero attached hydrogens (tertiary/aromatic N) is 1. The Labute approximate surface area is 298 Å². The van der Waals surface area contributed by atoms with Gasteiger partial charge in [0.1, 0.15) is 0 Å². The maximum absolute atomic E-state index is 5.96.